The van der Waals surface area contributed by atoms with Crippen LogP contribution in [0.3, 0.4) is 0 Å². The third-order valence-corrected chi connectivity index (χ3v) is 3.07. The number of aromatic nitrogens is 2. The highest BCUT2D eigenvalue weighted by atomic mass is 16.1. The van der Waals surface area contributed by atoms with Crippen molar-refractivity contribution >= 4 is 5.82 Å². The summed E-state index contributed by atoms with van der Waals surface area (Å²) in [5.74, 6) is 1.97. The van der Waals surface area contributed by atoms with E-state index in [1.54, 1.807) is 12.4 Å². The minimum Gasteiger partial charge on any atom is -0.365 e. The third-order valence-electron chi connectivity index (χ3n) is 3.07. The van der Waals surface area contributed by atoms with Gasteiger partial charge in [-0.3, -0.25) is 4.79 Å². The number of hydrogen-bond donors (Lipinski definition) is 2. The molecule has 15 heavy (non-hydrogen) atoms. The van der Waals surface area contributed by atoms with Gasteiger partial charge in [-0.1, -0.05) is 13.3 Å². The Bertz CT molecular complexity index is 374. The number of hydrogen-bond acceptors (Lipinski definition) is 3. The van der Waals surface area contributed by atoms with E-state index in [1.807, 2.05) is 0 Å². The summed E-state index contributed by atoms with van der Waals surface area (Å²) in [5, 5.41) is 3.12. The lowest BCUT2D eigenvalue weighted by Gasteiger charge is -2.10. The molecule has 4 nitrogen and oxygen atoms in total. The quantitative estimate of drug-likeness (QED) is 0.791. The van der Waals surface area contributed by atoms with Gasteiger partial charge >= 0.3 is 0 Å². The number of nitrogens with one attached hydrogen (secondary N) is 2. The van der Waals surface area contributed by atoms with Crippen LogP contribution in [0.4, 0.5) is 5.82 Å². The molecule has 0 aliphatic heterocycles. The standard InChI is InChI=1S/C11H17N3O/c1-8-2-3-9(6-8)7-14-10-11(15)13-5-4-12-10/h4-5,8-9H,2-3,6-7H2,1H3,(H,12,14)(H,13,15). The molecule has 0 aromatic carbocycles. The van der Waals surface area contributed by atoms with Crippen molar-refractivity contribution in [3.63, 3.8) is 0 Å². The van der Waals surface area contributed by atoms with Crippen molar-refractivity contribution in [1.29, 1.82) is 0 Å². The first-order valence-corrected chi connectivity index (χ1v) is 5.53. The van der Waals surface area contributed by atoms with Crippen molar-refractivity contribution in [1.82, 2.24) is 9.97 Å². The maximum Gasteiger partial charge on any atom is 0.290 e. The zero-order valence-electron chi connectivity index (χ0n) is 8.99. The van der Waals surface area contributed by atoms with Crippen LogP contribution in [0, 0.1) is 11.8 Å². The van der Waals surface area contributed by atoms with Gasteiger partial charge in [0.1, 0.15) is 0 Å². The van der Waals surface area contributed by atoms with Gasteiger partial charge in [0.25, 0.3) is 5.56 Å². The van der Waals surface area contributed by atoms with Gasteiger partial charge in [0, 0.05) is 18.9 Å². The molecule has 2 atom stereocenters. The predicted octanol–water partition coefficient (Wildman–Crippen LogP) is 1.62. The van der Waals surface area contributed by atoms with Crippen LogP contribution in [0.5, 0.6) is 0 Å². The highest BCUT2D eigenvalue weighted by Gasteiger charge is 2.21. The number of anilines is 1. The van der Waals surface area contributed by atoms with Crippen LogP contribution in [0.15, 0.2) is 17.2 Å². The zero-order chi connectivity index (χ0) is 10.7. The average molecular weight is 207 g/mol. The molecule has 4 heteroatoms. The number of rotatable bonds is 3. The smallest absolute Gasteiger partial charge is 0.290 e. The van der Waals surface area contributed by atoms with Crippen LogP contribution >= 0.6 is 0 Å². The number of aromatic amines is 1. The van der Waals surface area contributed by atoms with E-state index in [4.69, 9.17) is 0 Å². The molecule has 1 heterocycles. The molecule has 1 saturated carbocycles. The van der Waals surface area contributed by atoms with Crippen molar-refractivity contribution < 1.29 is 0 Å². The Labute approximate surface area is 89.1 Å². The molecule has 0 bridgehead atoms. The Morgan fingerprint density at radius 3 is 3.13 bits per heavy atom. The molecule has 1 aliphatic carbocycles. The molecule has 1 fully saturated rings. The second kappa shape index (κ2) is 4.47. The van der Waals surface area contributed by atoms with Gasteiger partial charge in [-0.25, -0.2) is 4.98 Å². The van der Waals surface area contributed by atoms with Crippen molar-refractivity contribution in [2.75, 3.05) is 11.9 Å². The Hall–Kier alpha value is -1.32. The van der Waals surface area contributed by atoms with E-state index < -0.39 is 0 Å². The zero-order valence-corrected chi connectivity index (χ0v) is 8.99. The van der Waals surface area contributed by atoms with Crippen LogP contribution in [0.1, 0.15) is 26.2 Å². The van der Waals surface area contributed by atoms with Crippen molar-refractivity contribution in [2.24, 2.45) is 11.8 Å². The molecule has 0 radical (unpaired) electrons. The summed E-state index contributed by atoms with van der Waals surface area (Å²) in [6, 6.07) is 0. The summed E-state index contributed by atoms with van der Waals surface area (Å²) >= 11 is 0. The first-order valence-electron chi connectivity index (χ1n) is 5.53. The highest BCUT2D eigenvalue weighted by molar-refractivity contribution is 5.29. The Kier molecular flexibility index (Phi) is 3.04. The molecule has 1 aromatic rings. The molecule has 2 rings (SSSR count). The SMILES string of the molecule is CC1CCC(CNc2ncc[nH]c2=O)C1. The van der Waals surface area contributed by atoms with E-state index >= 15 is 0 Å². The van der Waals surface area contributed by atoms with Gasteiger partial charge in [-0.15, -0.1) is 0 Å². The van der Waals surface area contributed by atoms with E-state index in [0.717, 1.165) is 12.5 Å². The van der Waals surface area contributed by atoms with Gasteiger partial charge in [0.15, 0.2) is 5.82 Å². The van der Waals surface area contributed by atoms with Crippen LogP contribution in [0.25, 0.3) is 0 Å². The highest BCUT2D eigenvalue weighted by Crippen LogP contribution is 2.29. The Balaban J connectivity index is 1.88. The minimum atomic E-state index is -0.136. The molecule has 1 aliphatic rings. The maximum atomic E-state index is 11.3. The maximum absolute atomic E-state index is 11.3. The second-order valence-corrected chi connectivity index (χ2v) is 4.43. The number of nitrogens with zero attached hydrogens (tertiary/aromatic N) is 1. The van der Waals surface area contributed by atoms with E-state index in [1.165, 1.54) is 19.3 Å². The van der Waals surface area contributed by atoms with E-state index in [2.05, 4.69) is 22.2 Å². The molecular formula is C11H17N3O. The lowest BCUT2D eigenvalue weighted by Crippen LogP contribution is -2.19. The largest absolute Gasteiger partial charge is 0.365 e. The first-order chi connectivity index (χ1) is 7.25. The monoisotopic (exact) mass is 207 g/mol. The van der Waals surface area contributed by atoms with Crippen molar-refractivity contribution in [3.8, 4) is 0 Å². The lowest BCUT2D eigenvalue weighted by molar-refractivity contribution is 0.536. The normalized spacial score (nSPS) is 25.4. The molecule has 2 N–H and O–H groups in total. The molecule has 0 spiro atoms. The Morgan fingerprint density at radius 2 is 2.47 bits per heavy atom. The van der Waals surface area contributed by atoms with E-state index in [0.29, 0.717) is 11.7 Å². The van der Waals surface area contributed by atoms with Crippen LogP contribution < -0.4 is 10.9 Å². The summed E-state index contributed by atoms with van der Waals surface area (Å²) in [4.78, 5) is 17.9. The fraction of sp³-hybridized carbons (Fsp3) is 0.636. The Morgan fingerprint density at radius 1 is 1.60 bits per heavy atom. The van der Waals surface area contributed by atoms with Gasteiger partial charge in [0.2, 0.25) is 0 Å². The minimum absolute atomic E-state index is 0.136. The molecule has 82 valence electrons. The fourth-order valence-electron chi connectivity index (χ4n) is 2.23. The summed E-state index contributed by atoms with van der Waals surface area (Å²) in [6.07, 6.45) is 6.98. The summed E-state index contributed by atoms with van der Waals surface area (Å²) in [7, 11) is 0. The van der Waals surface area contributed by atoms with E-state index in [-0.39, 0.29) is 5.56 Å². The third kappa shape index (κ3) is 2.58. The molecule has 0 amide bonds. The molecule has 0 saturated heterocycles. The lowest BCUT2D eigenvalue weighted by atomic mass is 10.1. The van der Waals surface area contributed by atoms with Gasteiger partial charge in [0.05, 0.1) is 0 Å². The molecule has 1 aromatic heterocycles. The topological polar surface area (TPSA) is 57.8 Å². The molecular weight excluding hydrogens is 190 g/mol. The predicted molar refractivity (Wildman–Crippen MR) is 59.9 cm³/mol. The fourth-order valence-corrected chi connectivity index (χ4v) is 2.23. The summed E-state index contributed by atoms with van der Waals surface area (Å²) < 4.78 is 0. The van der Waals surface area contributed by atoms with Gasteiger partial charge in [-0.05, 0) is 24.7 Å². The van der Waals surface area contributed by atoms with E-state index in [9.17, 15) is 4.79 Å². The van der Waals surface area contributed by atoms with Gasteiger partial charge in [-0.2, -0.15) is 0 Å². The van der Waals surface area contributed by atoms with Gasteiger partial charge < -0.3 is 10.3 Å². The number of H-pyrrole nitrogens is 1. The first kappa shape index (κ1) is 10.2. The van der Waals surface area contributed by atoms with Crippen LogP contribution in [-0.4, -0.2) is 16.5 Å². The van der Waals surface area contributed by atoms with Crippen LogP contribution in [-0.2, 0) is 0 Å². The van der Waals surface area contributed by atoms with Crippen molar-refractivity contribution in [2.45, 2.75) is 26.2 Å². The summed E-state index contributed by atoms with van der Waals surface area (Å²) in [6.45, 7) is 3.15. The average Bonchev–Trinajstić information content (AvgIpc) is 2.63. The summed E-state index contributed by atoms with van der Waals surface area (Å²) in [5.41, 5.74) is -0.136. The van der Waals surface area contributed by atoms with Crippen molar-refractivity contribution in [3.05, 3.63) is 22.7 Å². The molecule has 2 unspecified atom stereocenters. The van der Waals surface area contributed by atoms with Crippen LogP contribution in [0.2, 0.25) is 0 Å². The second-order valence-electron chi connectivity index (χ2n) is 4.43.